The lowest BCUT2D eigenvalue weighted by atomic mass is 10.2. The number of hydrogen-bond acceptors (Lipinski definition) is 5. The Bertz CT molecular complexity index is 499. The molecule has 1 saturated heterocycles. The third kappa shape index (κ3) is 4.54. The highest BCUT2D eigenvalue weighted by molar-refractivity contribution is 5.38. The summed E-state index contributed by atoms with van der Waals surface area (Å²) in [5, 5.41) is 0. The van der Waals surface area contributed by atoms with E-state index >= 15 is 0 Å². The quantitative estimate of drug-likeness (QED) is 0.838. The molecule has 0 radical (unpaired) electrons. The van der Waals surface area contributed by atoms with Crippen molar-refractivity contribution >= 4 is 5.82 Å². The number of anilines is 1. The molecule has 6 heteroatoms. The van der Waals surface area contributed by atoms with E-state index < -0.39 is 0 Å². The Balaban J connectivity index is 2.06. The van der Waals surface area contributed by atoms with Crippen molar-refractivity contribution in [2.45, 2.75) is 32.6 Å². The molecule has 0 unspecified atom stereocenters. The molecule has 0 saturated carbocycles. The van der Waals surface area contributed by atoms with Gasteiger partial charge in [0.1, 0.15) is 11.6 Å². The van der Waals surface area contributed by atoms with E-state index in [9.17, 15) is 4.79 Å². The molecular weight excluding hydrogens is 266 g/mol. The molecule has 1 aromatic heterocycles. The van der Waals surface area contributed by atoms with Crippen molar-refractivity contribution in [2.75, 3.05) is 44.2 Å². The first-order chi connectivity index (χ1) is 10.1. The highest BCUT2D eigenvalue weighted by Gasteiger charge is 2.17. The molecule has 21 heavy (non-hydrogen) atoms. The number of aromatic amines is 1. The second-order valence-corrected chi connectivity index (χ2v) is 5.97. The first-order valence-corrected chi connectivity index (χ1v) is 7.89. The normalized spacial score (nSPS) is 17.2. The van der Waals surface area contributed by atoms with Crippen molar-refractivity contribution in [3.8, 4) is 0 Å². The molecule has 0 bridgehead atoms. The Labute approximate surface area is 126 Å². The Morgan fingerprint density at radius 2 is 2.14 bits per heavy atom. The summed E-state index contributed by atoms with van der Waals surface area (Å²) in [4.78, 5) is 23.9. The minimum atomic E-state index is -0.0621. The predicted molar refractivity (Wildman–Crippen MR) is 85.9 cm³/mol. The van der Waals surface area contributed by atoms with Gasteiger partial charge in [0.2, 0.25) is 0 Å². The van der Waals surface area contributed by atoms with Gasteiger partial charge in [-0.3, -0.25) is 4.79 Å². The largest absolute Gasteiger partial charge is 0.355 e. The lowest BCUT2D eigenvalue weighted by Gasteiger charge is -2.23. The summed E-state index contributed by atoms with van der Waals surface area (Å²) in [5.41, 5.74) is 5.52. The average molecular weight is 293 g/mol. The first kappa shape index (κ1) is 16.0. The van der Waals surface area contributed by atoms with E-state index in [1.165, 1.54) is 0 Å². The zero-order chi connectivity index (χ0) is 15.2. The van der Waals surface area contributed by atoms with Gasteiger partial charge in [0, 0.05) is 31.6 Å². The molecule has 1 aromatic rings. The van der Waals surface area contributed by atoms with Crippen LogP contribution in [0.1, 0.15) is 38.4 Å². The van der Waals surface area contributed by atoms with Crippen LogP contribution in [-0.2, 0) is 0 Å². The Morgan fingerprint density at radius 3 is 2.86 bits per heavy atom. The van der Waals surface area contributed by atoms with Crippen LogP contribution in [0.3, 0.4) is 0 Å². The Morgan fingerprint density at radius 1 is 1.33 bits per heavy atom. The summed E-state index contributed by atoms with van der Waals surface area (Å²) >= 11 is 0. The third-order valence-electron chi connectivity index (χ3n) is 3.88. The number of rotatable bonds is 5. The van der Waals surface area contributed by atoms with E-state index in [0.29, 0.717) is 0 Å². The smallest absolute Gasteiger partial charge is 0.252 e. The summed E-state index contributed by atoms with van der Waals surface area (Å²) in [7, 11) is 0. The van der Waals surface area contributed by atoms with Crippen LogP contribution in [0.2, 0.25) is 0 Å². The van der Waals surface area contributed by atoms with Gasteiger partial charge in [0.05, 0.1) is 0 Å². The van der Waals surface area contributed by atoms with Gasteiger partial charge < -0.3 is 20.5 Å². The lowest BCUT2D eigenvalue weighted by Crippen LogP contribution is -2.33. The molecule has 2 heterocycles. The van der Waals surface area contributed by atoms with Gasteiger partial charge in [-0.2, -0.15) is 0 Å². The highest BCUT2D eigenvalue weighted by atomic mass is 16.1. The lowest BCUT2D eigenvalue weighted by molar-refractivity contribution is 0.291. The standard InChI is InChI=1S/C15H27N5O/c1-12(2)15-17-13(11-14(21)18-15)20-8-4-7-19(9-10-20)6-3-5-16/h11-12H,3-10,16H2,1-2H3,(H,17,18,21). The fourth-order valence-electron chi connectivity index (χ4n) is 2.64. The van der Waals surface area contributed by atoms with Gasteiger partial charge in [0.25, 0.3) is 5.56 Å². The van der Waals surface area contributed by atoms with Crippen molar-refractivity contribution in [3.63, 3.8) is 0 Å². The molecular formula is C15H27N5O. The van der Waals surface area contributed by atoms with Crippen molar-refractivity contribution in [1.29, 1.82) is 0 Å². The van der Waals surface area contributed by atoms with Gasteiger partial charge in [-0.05, 0) is 32.5 Å². The van der Waals surface area contributed by atoms with Crippen LogP contribution in [0.25, 0.3) is 0 Å². The molecule has 0 aromatic carbocycles. The molecule has 0 spiro atoms. The van der Waals surface area contributed by atoms with Crippen LogP contribution < -0.4 is 16.2 Å². The average Bonchev–Trinajstić information content (AvgIpc) is 2.70. The fourth-order valence-corrected chi connectivity index (χ4v) is 2.64. The predicted octanol–water partition coefficient (Wildman–Crippen LogP) is 0.754. The zero-order valence-corrected chi connectivity index (χ0v) is 13.1. The number of H-pyrrole nitrogens is 1. The minimum Gasteiger partial charge on any atom is -0.355 e. The molecule has 0 aliphatic carbocycles. The number of nitrogens with two attached hydrogens (primary N) is 1. The van der Waals surface area contributed by atoms with Gasteiger partial charge in [-0.15, -0.1) is 0 Å². The van der Waals surface area contributed by atoms with Gasteiger partial charge in [0.15, 0.2) is 0 Å². The maximum Gasteiger partial charge on any atom is 0.252 e. The van der Waals surface area contributed by atoms with E-state index in [0.717, 1.165) is 63.8 Å². The second-order valence-electron chi connectivity index (χ2n) is 5.97. The second kappa shape index (κ2) is 7.56. The minimum absolute atomic E-state index is 0.0621. The summed E-state index contributed by atoms with van der Waals surface area (Å²) in [6.07, 6.45) is 2.14. The molecule has 6 nitrogen and oxygen atoms in total. The maximum absolute atomic E-state index is 11.8. The fraction of sp³-hybridized carbons (Fsp3) is 0.733. The Hall–Kier alpha value is -1.40. The maximum atomic E-state index is 11.8. The molecule has 1 aliphatic rings. The van der Waals surface area contributed by atoms with Crippen LogP contribution in [0, 0.1) is 0 Å². The molecule has 3 N–H and O–H groups in total. The highest BCUT2D eigenvalue weighted by Crippen LogP contribution is 2.15. The van der Waals surface area contributed by atoms with E-state index in [1.54, 1.807) is 6.07 Å². The van der Waals surface area contributed by atoms with Crippen molar-refractivity contribution < 1.29 is 0 Å². The van der Waals surface area contributed by atoms with Crippen LogP contribution in [0.5, 0.6) is 0 Å². The van der Waals surface area contributed by atoms with E-state index in [1.807, 2.05) is 13.8 Å². The molecule has 0 amide bonds. The SMILES string of the molecule is CC(C)c1nc(N2CCCN(CCCN)CC2)cc(=O)[nH]1. The molecule has 2 rings (SSSR count). The topological polar surface area (TPSA) is 78.2 Å². The molecule has 0 atom stereocenters. The third-order valence-corrected chi connectivity index (χ3v) is 3.88. The number of nitrogens with zero attached hydrogens (tertiary/aromatic N) is 3. The summed E-state index contributed by atoms with van der Waals surface area (Å²) in [6, 6.07) is 1.61. The van der Waals surface area contributed by atoms with Crippen LogP contribution in [-0.4, -0.2) is 54.1 Å². The summed E-state index contributed by atoms with van der Waals surface area (Å²) in [6.45, 7) is 9.85. The van der Waals surface area contributed by atoms with Crippen LogP contribution in [0.4, 0.5) is 5.82 Å². The number of aromatic nitrogens is 2. The van der Waals surface area contributed by atoms with Crippen LogP contribution in [0.15, 0.2) is 10.9 Å². The van der Waals surface area contributed by atoms with Crippen molar-refractivity contribution in [3.05, 3.63) is 22.2 Å². The summed E-state index contributed by atoms with van der Waals surface area (Å²) < 4.78 is 0. The number of nitrogens with one attached hydrogen (secondary N) is 1. The van der Waals surface area contributed by atoms with Gasteiger partial charge >= 0.3 is 0 Å². The van der Waals surface area contributed by atoms with Crippen molar-refractivity contribution in [1.82, 2.24) is 14.9 Å². The Kier molecular flexibility index (Phi) is 5.76. The molecule has 1 fully saturated rings. The zero-order valence-electron chi connectivity index (χ0n) is 13.1. The van der Waals surface area contributed by atoms with E-state index in [-0.39, 0.29) is 11.5 Å². The van der Waals surface area contributed by atoms with Gasteiger partial charge in [-0.25, -0.2) is 4.98 Å². The monoisotopic (exact) mass is 293 g/mol. The van der Waals surface area contributed by atoms with Crippen molar-refractivity contribution in [2.24, 2.45) is 5.73 Å². The van der Waals surface area contributed by atoms with E-state index in [4.69, 9.17) is 5.73 Å². The summed E-state index contributed by atoms with van der Waals surface area (Å²) in [5.74, 6) is 1.80. The van der Waals surface area contributed by atoms with Gasteiger partial charge in [-0.1, -0.05) is 13.8 Å². The first-order valence-electron chi connectivity index (χ1n) is 7.89. The number of hydrogen-bond donors (Lipinski definition) is 2. The molecule has 1 aliphatic heterocycles. The van der Waals surface area contributed by atoms with E-state index in [2.05, 4.69) is 19.8 Å². The van der Waals surface area contributed by atoms with Crippen LogP contribution >= 0.6 is 0 Å². The molecule has 118 valence electrons.